The number of hydrogen-bond donors (Lipinski definition) is 0. The average molecular weight is 338 g/mol. The van der Waals surface area contributed by atoms with E-state index in [1.165, 1.54) is 23.5 Å². The monoisotopic (exact) mass is 338 g/mol. The fourth-order valence-corrected chi connectivity index (χ4v) is 3.59. The van der Waals surface area contributed by atoms with E-state index in [0.29, 0.717) is 9.50 Å². The van der Waals surface area contributed by atoms with Crippen LogP contribution in [0.15, 0.2) is 47.5 Å². The Morgan fingerprint density at radius 1 is 1.33 bits per heavy atom. The summed E-state index contributed by atoms with van der Waals surface area (Å²) in [5.74, 6) is 1.98. The molecule has 0 bridgehead atoms. The van der Waals surface area contributed by atoms with Gasteiger partial charge in [-0.05, 0) is 30.7 Å². The molecule has 0 atom stereocenters. The zero-order valence-electron chi connectivity index (χ0n) is 13.1. The molecule has 0 unspecified atom stereocenters. The number of hydrogen-bond acceptors (Lipinski definition) is 2. The van der Waals surface area contributed by atoms with Crippen molar-refractivity contribution in [3.05, 3.63) is 64.2 Å². The van der Waals surface area contributed by atoms with Gasteiger partial charge in [-0.2, -0.15) is 4.99 Å². The van der Waals surface area contributed by atoms with Crippen molar-refractivity contribution in [1.29, 1.82) is 0 Å². The van der Waals surface area contributed by atoms with Gasteiger partial charge < -0.3 is 4.57 Å². The van der Waals surface area contributed by atoms with Crippen LogP contribution < -0.4 is 4.80 Å². The van der Waals surface area contributed by atoms with Crippen LogP contribution >= 0.6 is 11.3 Å². The quantitative estimate of drug-likeness (QED) is 0.674. The van der Waals surface area contributed by atoms with Gasteiger partial charge in [0.05, 0.1) is 23.2 Å². The summed E-state index contributed by atoms with van der Waals surface area (Å²) < 4.78 is 15.9. The van der Waals surface area contributed by atoms with Crippen LogP contribution in [0.4, 0.5) is 4.39 Å². The predicted octanol–water partition coefficient (Wildman–Crippen LogP) is 3.45. The van der Waals surface area contributed by atoms with Crippen LogP contribution in [0.2, 0.25) is 0 Å². The van der Waals surface area contributed by atoms with Crippen LogP contribution in [0, 0.1) is 25.1 Å². The first-order valence-electron chi connectivity index (χ1n) is 7.42. The maximum atomic E-state index is 13.4. The minimum atomic E-state index is -0.325. The lowest BCUT2D eigenvalue weighted by molar-refractivity contribution is -0.117. The van der Waals surface area contributed by atoms with E-state index in [9.17, 15) is 9.18 Å². The number of aromatic nitrogens is 1. The van der Waals surface area contributed by atoms with Crippen molar-refractivity contribution >= 4 is 27.5 Å². The molecule has 0 fully saturated rings. The molecule has 3 aromatic rings. The molecular weight excluding hydrogens is 323 g/mol. The molecule has 24 heavy (non-hydrogen) atoms. The number of halogens is 1. The van der Waals surface area contributed by atoms with E-state index >= 15 is 0 Å². The lowest BCUT2D eigenvalue weighted by atomic mass is 10.1. The van der Waals surface area contributed by atoms with Crippen molar-refractivity contribution in [3.63, 3.8) is 0 Å². The molecule has 0 aliphatic rings. The van der Waals surface area contributed by atoms with E-state index < -0.39 is 0 Å². The first-order valence-corrected chi connectivity index (χ1v) is 8.24. The second-order valence-electron chi connectivity index (χ2n) is 5.46. The maximum Gasteiger partial charge on any atom is 0.252 e. The third kappa shape index (κ3) is 3.44. The molecule has 2 aromatic carbocycles. The fourth-order valence-electron chi connectivity index (χ4n) is 2.52. The van der Waals surface area contributed by atoms with E-state index in [0.717, 1.165) is 16.6 Å². The molecule has 0 N–H and O–H groups in total. The number of carbonyl (C=O) groups excluding carboxylic acids is 1. The second-order valence-corrected chi connectivity index (χ2v) is 6.47. The zero-order chi connectivity index (χ0) is 17.1. The lowest BCUT2D eigenvalue weighted by Crippen LogP contribution is -2.17. The van der Waals surface area contributed by atoms with Gasteiger partial charge in [0.2, 0.25) is 0 Å². The van der Waals surface area contributed by atoms with Crippen LogP contribution in [-0.2, 0) is 17.8 Å². The standard InChI is InChI=1S/C19H15FN2OS/c1-3-9-22-16-8-7-15(20)12-17(16)24-19(22)21-18(23)11-14-6-4-5-13(2)10-14/h1,4-8,10,12H,9,11H2,2H3. The number of terminal acetylenes is 1. The second kappa shape index (κ2) is 6.81. The number of nitrogens with zero attached hydrogens (tertiary/aromatic N) is 2. The van der Waals surface area contributed by atoms with Crippen LogP contribution in [0.3, 0.4) is 0 Å². The van der Waals surface area contributed by atoms with Gasteiger partial charge in [0.25, 0.3) is 5.91 Å². The van der Waals surface area contributed by atoms with Gasteiger partial charge in [-0.25, -0.2) is 4.39 Å². The number of aryl methyl sites for hydroxylation is 1. The Kier molecular flexibility index (Phi) is 4.59. The molecule has 0 aliphatic carbocycles. The lowest BCUT2D eigenvalue weighted by Gasteiger charge is -2.00. The zero-order valence-corrected chi connectivity index (χ0v) is 13.9. The third-order valence-corrected chi connectivity index (χ3v) is 4.59. The molecule has 120 valence electrons. The first-order chi connectivity index (χ1) is 11.6. The molecule has 1 aromatic heterocycles. The van der Waals surface area contributed by atoms with Crippen LogP contribution in [0.25, 0.3) is 10.2 Å². The van der Waals surface area contributed by atoms with Crippen molar-refractivity contribution in [1.82, 2.24) is 4.57 Å². The summed E-state index contributed by atoms with van der Waals surface area (Å²) in [6.07, 6.45) is 5.64. The Hall–Kier alpha value is -2.71. The van der Waals surface area contributed by atoms with Gasteiger partial charge in [-0.1, -0.05) is 47.1 Å². The van der Waals surface area contributed by atoms with Gasteiger partial charge in [0.1, 0.15) is 5.82 Å². The van der Waals surface area contributed by atoms with E-state index in [1.54, 1.807) is 10.6 Å². The fraction of sp³-hybridized carbons (Fsp3) is 0.158. The number of rotatable bonds is 3. The summed E-state index contributed by atoms with van der Waals surface area (Å²) in [5, 5.41) is 0. The smallest absolute Gasteiger partial charge is 0.252 e. The van der Waals surface area contributed by atoms with Gasteiger partial charge >= 0.3 is 0 Å². The Morgan fingerprint density at radius 2 is 2.17 bits per heavy atom. The van der Waals surface area contributed by atoms with Crippen molar-refractivity contribution in [3.8, 4) is 12.3 Å². The topological polar surface area (TPSA) is 34.4 Å². The molecule has 0 spiro atoms. The van der Waals surface area contributed by atoms with Crippen molar-refractivity contribution in [2.75, 3.05) is 0 Å². The van der Waals surface area contributed by atoms with Crippen molar-refractivity contribution in [2.24, 2.45) is 4.99 Å². The molecule has 0 radical (unpaired) electrons. The van der Waals surface area contributed by atoms with E-state index in [2.05, 4.69) is 10.9 Å². The molecule has 5 heteroatoms. The molecule has 0 saturated heterocycles. The highest BCUT2D eigenvalue weighted by atomic mass is 32.1. The Bertz CT molecular complexity index is 1020. The summed E-state index contributed by atoms with van der Waals surface area (Å²) in [4.78, 5) is 17.0. The molecule has 3 nitrogen and oxygen atoms in total. The molecule has 0 saturated carbocycles. The van der Waals surface area contributed by atoms with Crippen molar-refractivity contribution in [2.45, 2.75) is 19.9 Å². The summed E-state index contributed by atoms with van der Waals surface area (Å²) in [6.45, 7) is 2.26. The van der Waals surface area contributed by atoms with Gasteiger partial charge in [-0.3, -0.25) is 4.79 Å². The molecule has 3 rings (SSSR count). The average Bonchev–Trinajstić information content (AvgIpc) is 2.84. The summed E-state index contributed by atoms with van der Waals surface area (Å²) in [7, 11) is 0. The minimum absolute atomic E-state index is 0.223. The van der Waals surface area contributed by atoms with E-state index in [-0.39, 0.29) is 24.7 Å². The Balaban J connectivity index is 2.01. The van der Waals surface area contributed by atoms with Crippen LogP contribution in [0.1, 0.15) is 11.1 Å². The van der Waals surface area contributed by atoms with Crippen LogP contribution in [0.5, 0.6) is 0 Å². The van der Waals surface area contributed by atoms with Gasteiger partial charge in [0.15, 0.2) is 4.80 Å². The molecule has 1 heterocycles. The predicted molar refractivity (Wildman–Crippen MR) is 94.1 cm³/mol. The highest BCUT2D eigenvalue weighted by Gasteiger charge is 2.09. The largest absolute Gasteiger partial charge is 0.305 e. The third-order valence-electron chi connectivity index (χ3n) is 3.55. The molecular formula is C19H15FN2OS. The first kappa shape index (κ1) is 16.2. The summed E-state index contributed by atoms with van der Waals surface area (Å²) in [6, 6.07) is 12.2. The van der Waals surface area contributed by atoms with E-state index in [1.807, 2.05) is 31.2 Å². The van der Waals surface area contributed by atoms with E-state index in [4.69, 9.17) is 6.42 Å². The van der Waals surface area contributed by atoms with Crippen LogP contribution in [-0.4, -0.2) is 10.5 Å². The molecule has 1 amide bonds. The SMILES string of the molecule is C#CCn1c(=NC(=O)Cc2cccc(C)c2)sc2cc(F)ccc21. The minimum Gasteiger partial charge on any atom is -0.305 e. The summed E-state index contributed by atoms with van der Waals surface area (Å²) >= 11 is 1.26. The normalized spacial score (nSPS) is 11.6. The van der Waals surface area contributed by atoms with Crippen molar-refractivity contribution < 1.29 is 9.18 Å². The van der Waals surface area contributed by atoms with Gasteiger partial charge in [-0.15, -0.1) is 6.42 Å². The number of amides is 1. The maximum absolute atomic E-state index is 13.4. The molecule has 0 aliphatic heterocycles. The van der Waals surface area contributed by atoms with Gasteiger partial charge in [0, 0.05) is 0 Å². The number of thiazole rings is 1. The number of fused-ring (bicyclic) bond motifs is 1. The Labute approximate surface area is 143 Å². The summed E-state index contributed by atoms with van der Waals surface area (Å²) in [5.41, 5.74) is 2.79. The number of carbonyl (C=O) groups is 1. The highest BCUT2D eigenvalue weighted by Crippen LogP contribution is 2.18. The Morgan fingerprint density at radius 3 is 2.92 bits per heavy atom. The number of benzene rings is 2. The highest BCUT2D eigenvalue weighted by molar-refractivity contribution is 7.16.